The molecule has 3 fully saturated rings. The van der Waals surface area contributed by atoms with E-state index in [4.69, 9.17) is 0 Å². The molecule has 2 nitrogen and oxygen atoms in total. The first-order valence-corrected chi connectivity index (χ1v) is 17.7. The number of imidazole rings is 1. The molecule has 0 aliphatic heterocycles. The molecule has 0 aromatic carbocycles. The molecule has 1 aromatic rings. The highest BCUT2D eigenvalue weighted by atomic mass is 33.1. The number of nitrogens with zero attached hydrogens (tertiary/aromatic N) is 1. The van der Waals surface area contributed by atoms with Crippen molar-refractivity contribution in [3.8, 4) is 0 Å². The van der Waals surface area contributed by atoms with E-state index in [1.54, 1.807) is 6.33 Å². The topological polar surface area (TPSA) is 28.7 Å². The van der Waals surface area contributed by atoms with Crippen molar-refractivity contribution in [3.05, 3.63) is 29.9 Å². The van der Waals surface area contributed by atoms with E-state index in [1.165, 1.54) is 82.7 Å². The number of rotatable bonds is 10. The van der Waals surface area contributed by atoms with Crippen LogP contribution in [0.5, 0.6) is 0 Å². The van der Waals surface area contributed by atoms with Crippen molar-refractivity contribution >= 4 is 21.6 Å². The van der Waals surface area contributed by atoms with Crippen LogP contribution in [0.1, 0.15) is 117 Å². The summed E-state index contributed by atoms with van der Waals surface area (Å²) < 4.78 is 0. The van der Waals surface area contributed by atoms with Gasteiger partial charge < -0.3 is 4.98 Å². The molecule has 4 aliphatic carbocycles. The smallest absolute Gasteiger partial charge is 0.0921 e. The first kappa shape index (κ1) is 27.2. The third-order valence-corrected chi connectivity index (χ3v) is 14.7. The van der Waals surface area contributed by atoms with Gasteiger partial charge in [0.1, 0.15) is 0 Å². The van der Waals surface area contributed by atoms with Crippen molar-refractivity contribution in [2.45, 2.75) is 123 Å². The van der Waals surface area contributed by atoms with Crippen molar-refractivity contribution in [2.75, 3.05) is 0 Å². The molecule has 0 bridgehead atoms. The van der Waals surface area contributed by atoms with Gasteiger partial charge in [-0.05, 0) is 97.7 Å². The van der Waals surface area contributed by atoms with Crippen molar-refractivity contribution in [2.24, 2.45) is 46.3 Å². The van der Waals surface area contributed by atoms with E-state index >= 15 is 0 Å². The van der Waals surface area contributed by atoms with Crippen LogP contribution >= 0.6 is 21.6 Å². The zero-order chi connectivity index (χ0) is 25.3. The van der Waals surface area contributed by atoms with Gasteiger partial charge in [-0.3, -0.25) is 0 Å². The number of allylic oxidation sites excluding steroid dienone is 2. The molecule has 1 heterocycles. The highest BCUT2D eigenvalue weighted by molar-refractivity contribution is 8.76. The molecule has 0 radical (unpaired) electrons. The van der Waals surface area contributed by atoms with Gasteiger partial charge >= 0.3 is 0 Å². The minimum absolute atomic E-state index is 0.481. The van der Waals surface area contributed by atoms with Gasteiger partial charge in [0.25, 0.3) is 0 Å². The molecule has 0 amide bonds. The zero-order valence-electron chi connectivity index (χ0n) is 23.7. The lowest BCUT2D eigenvalue weighted by atomic mass is 9.47. The predicted octanol–water partition coefficient (Wildman–Crippen LogP) is 10.1. The van der Waals surface area contributed by atoms with Crippen LogP contribution in [0.4, 0.5) is 0 Å². The number of hydrogen-bond donors (Lipinski definition) is 1. The van der Waals surface area contributed by atoms with E-state index in [0.717, 1.165) is 46.5 Å². The fourth-order valence-corrected chi connectivity index (χ4v) is 12.1. The van der Waals surface area contributed by atoms with Crippen molar-refractivity contribution in [1.82, 2.24) is 9.97 Å². The van der Waals surface area contributed by atoms with Gasteiger partial charge in [-0.1, -0.05) is 93.5 Å². The minimum atomic E-state index is 0.481. The summed E-state index contributed by atoms with van der Waals surface area (Å²) in [6.07, 6.45) is 23.8. The number of H-pyrrole nitrogens is 1. The molecule has 5 rings (SSSR count). The van der Waals surface area contributed by atoms with Gasteiger partial charge in [0.15, 0.2) is 0 Å². The summed E-state index contributed by atoms with van der Waals surface area (Å²) >= 11 is 0. The molecule has 9 unspecified atom stereocenters. The standard InChI is InChI=1S/C32H52N2S2/c1-6-22(2)8-7-9-23(3)28-12-13-29-27-11-10-24-18-26(36-35-20-25-19-33-21-34-25)14-16-31(24,4)30(27)15-17-32(28,29)5/h10,19,21-23,26-30H,6-9,11-18,20H2,1-5H3,(H,33,34). The maximum absolute atomic E-state index is 4.17. The zero-order valence-corrected chi connectivity index (χ0v) is 25.4. The second-order valence-electron chi connectivity index (χ2n) is 13.7. The number of hydrogen-bond acceptors (Lipinski definition) is 3. The molecule has 1 aromatic heterocycles. The SMILES string of the molecule is CCC(C)CCCC(C)C1CCC2C3CC=C4CC(SSCc5cnc[nH]5)CCC4(C)C3CCC12C. The molecule has 0 saturated heterocycles. The molecule has 4 aliphatic rings. The summed E-state index contributed by atoms with van der Waals surface area (Å²) in [6.45, 7) is 12.8. The quantitative estimate of drug-likeness (QED) is 0.242. The highest BCUT2D eigenvalue weighted by Crippen LogP contribution is 2.67. The van der Waals surface area contributed by atoms with Gasteiger partial charge in [-0.2, -0.15) is 0 Å². The van der Waals surface area contributed by atoms with E-state index in [2.05, 4.69) is 61.5 Å². The van der Waals surface area contributed by atoms with E-state index in [1.807, 2.05) is 22.6 Å². The molecule has 202 valence electrons. The van der Waals surface area contributed by atoms with Gasteiger partial charge in [0.2, 0.25) is 0 Å². The maximum atomic E-state index is 4.17. The second-order valence-corrected chi connectivity index (χ2v) is 16.4. The van der Waals surface area contributed by atoms with Crippen molar-refractivity contribution < 1.29 is 0 Å². The number of aromatic nitrogens is 2. The van der Waals surface area contributed by atoms with Crippen LogP contribution < -0.4 is 0 Å². The average molecular weight is 529 g/mol. The molecule has 36 heavy (non-hydrogen) atoms. The first-order chi connectivity index (χ1) is 17.3. The Balaban J connectivity index is 1.20. The Morgan fingerprint density at radius 3 is 2.72 bits per heavy atom. The van der Waals surface area contributed by atoms with Gasteiger partial charge in [0.05, 0.1) is 6.33 Å². The predicted molar refractivity (Wildman–Crippen MR) is 159 cm³/mol. The molecule has 9 atom stereocenters. The largest absolute Gasteiger partial charge is 0.348 e. The number of aromatic amines is 1. The van der Waals surface area contributed by atoms with Crippen molar-refractivity contribution in [1.29, 1.82) is 0 Å². The lowest BCUT2D eigenvalue weighted by Gasteiger charge is -2.58. The fourth-order valence-electron chi connectivity index (χ4n) is 9.44. The first-order valence-electron chi connectivity index (χ1n) is 15.3. The van der Waals surface area contributed by atoms with Crippen LogP contribution in [0, 0.1) is 46.3 Å². The Morgan fingerprint density at radius 1 is 1.08 bits per heavy atom. The summed E-state index contributed by atoms with van der Waals surface area (Å²) in [6, 6.07) is 0. The Hall–Kier alpha value is -0.350. The van der Waals surface area contributed by atoms with Crippen LogP contribution in [-0.2, 0) is 5.75 Å². The van der Waals surface area contributed by atoms with E-state index in [9.17, 15) is 0 Å². The number of nitrogens with one attached hydrogen (secondary N) is 1. The third kappa shape index (κ3) is 5.25. The molecular formula is C32H52N2S2. The summed E-state index contributed by atoms with van der Waals surface area (Å²) in [5.74, 6) is 6.71. The summed E-state index contributed by atoms with van der Waals surface area (Å²) in [7, 11) is 4.16. The number of fused-ring (bicyclic) bond motifs is 5. The summed E-state index contributed by atoms with van der Waals surface area (Å²) in [5.41, 5.74) is 4.17. The highest BCUT2D eigenvalue weighted by Gasteiger charge is 2.59. The van der Waals surface area contributed by atoms with Crippen LogP contribution in [0.25, 0.3) is 0 Å². The Kier molecular flexibility index (Phi) is 8.63. The van der Waals surface area contributed by atoms with Crippen LogP contribution in [0.3, 0.4) is 0 Å². The lowest BCUT2D eigenvalue weighted by Crippen LogP contribution is -2.50. The fraction of sp³-hybridized carbons (Fsp3) is 0.844. The monoisotopic (exact) mass is 528 g/mol. The van der Waals surface area contributed by atoms with Crippen LogP contribution in [0.15, 0.2) is 24.2 Å². The maximum Gasteiger partial charge on any atom is 0.0921 e. The van der Waals surface area contributed by atoms with Gasteiger partial charge in [-0.25, -0.2) is 4.98 Å². The van der Waals surface area contributed by atoms with E-state index < -0.39 is 0 Å². The van der Waals surface area contributed by atoms with E-state index in [-0.39, 0.29) is 0 Å². The molecule has 1 N–H and O–H groups in total. The van der Waals surface area contributed by atoms with Gasteiger partial charge in [0, 0.05) is 22.9 Å². The average Bonchev–Trinajstić information content (AvgIpc) is 3.51. The normalized spacial score (nSPS) is 39.6. The third-order valence-electron chi connectivity index (χ3n) is 11.8. The lowest BCUT2D eigenvalue weighted by molar-refractivity contribution is -0.0497. The second kappa shape index (κ2) is 11.4. The Bertz CT molecular complexity index is 881. The van der Waals surface area contributed by atoms with Gasteiger partial charge in [-0.15, -0.1) is 0 Å². The molecular weight excluding hydrogens is 477 g/mol. The molecule has 0 spiro atoms. The van der Waals surface area contributed by atoms with Crippen molar-refractivity contribution in [3.63, 3.8) is 0 Å². The Morgan fingerprint density at radius 2 is 1.94 bits per heavy atom. The molecule has 3 saturated carbocycles. The molecule has 4 heteroatoms. The van der Waals surface area contributed by atoms with Crippen LogP contribution in [-0.4, -0.2) is 15.2 Å². The summed E-state index contributed by atoms with van der Waals surface area (Å²) in [5, 5.41) is 0.787. The minimum Gasteiger partial charge on any atom is -0.348 e. The van der Waals surface area contributed by atoms with Crippen LogP contribution in [0.2, 0.25) is 0 Å². The Labute approximate surface area is 229 Å². The van der Waals surface area contributed by atoms with E-state index in [0.29, 0.717) is 10.8 Å². The summed E-state index contributed by atoms with van der Waals surface area (Å²) in [4.78, 5) is 7.41.